The summed E-state index contributed by atoms with van der Waals surface area (Å²) in [5.74, 6) is -0.134. The second-order valence-corrected chi connectivity index (χ2v) is 8.92. The molecule has 1 aromatic carbocycles. The molecule has 29 heavy (non-hydrogen) atoms. The van der Waals surface area contributed by atoms with Gasteiger partial charge in [0, 0.05) is 6.42 Å². The summed E-state index contributed by atoms with van der Waals surface area (Å²) in [7, 11) is 0. The minimum atomic E-state index is -0.134. The van der Waals surface area contributed by atoms with Gasteiger partial charge in [0.25, 0.3) is 0 Å². The van der Waals surface area contributed by atoms with Crippen molar-refractivity contribution in [3.8, 4) is 0 Å². The first-order valence-electron chi connectivity index (χ1n) is 11.7. The lowest BCUT2D eigenvalue weighted by atomic mass is 10.0. The number of ether oxygens (including phenoxy) is 1. The number of hydrogen-bond acceptors (Lipinski definition) is 2. The van der Waals surface area contributed by atoms with Crippen molar-refractivity contribution in [2.45, 2.75) is 116 Å². The zero-order valence-electron chi connectivity index (χ0n) is 18.3. The highest BCUT2D eigenvalue weighted by Gasteiger charge is 2.05. The fraction of sp³-hybridized carbons (Fsp3) is 0.720. The number of carbonyl (C=O) groups is 1. The summed E-state index contributed by atoms with van der Waals surface area (Å²) >= 11 is 11.8. The maximum absolute atomic E-state index is 11.8. The zero-order valence-corrected chi connectivity index (χ0v) is 19.8. The normalized spacial score (nSPS) is 11.0. The Labute approximate surface area is 188 Å². The largest absolute Gasteiger partial charge is 0.461 e. The molecule has 1 rings (SSSR count). The van der Waals surface area contributed by atoms with Crippen LogP contribution in [-0.2, 0) is 16.1 Å². The molecule has 166 valence electrons. The molecule has 0 radical (unpaired) electrons. The van der Waals surface area contributed by atoms with Gasteiger partial charge in [-0.1, -0.05) is 126 Å². The van der Waals surface area contributed by atoms with Crippen LogP contribution in [0.3, 0.4) is 0 Å². The summed E-state index contributed by atoms with van der Waals surface area (Å²) in [6.07, 6.45) is 20.4. The Morgan fingerprint density at radius 3 is 1.69 bits per heavy atom. The van der Waals surface area contributed by atoms with Crippen LogP contribution in [0.5, 0.6) is 0 Å². The smallest absolute Gasteiger partial charge is 0.306 e. The van der Waals surface area contributed by atoms with E-state index in [0.717, 1.165) is 18.4 Å². The van der Waals surface area contributed by atoms with Gasteiger partial charge in [-0.2, -0.15) is 0 Å². The number of esters is 1. The molecule has 0 saturated heterocycles. The topological polar surface area (TPSA) is 26.3 Å². The third kappa shape index (κ3) is 14.8. The first kappa shape index (κ1) is 26.3. The van der Waals surface area contributed by atoms with Crippen LogP contribution in [0.1, 0.15) is 115 Å². The Balaban J connectivity index is 1.84. The summed E-state index contributed by atoms with van der Waals surface area (Å²) in [6.45, 7) is 2.53. The average molecular weight is 443 g/mol. The van der Waals surface area contributed by atoms with Gasteiger partial charge in [-0.3, -0.25) is 4.79 Å². The number of halogens is 2. The molecule has 0 aliphatic carbocycles. The van der Waals surface area contributed by atoms with E-state index >= 15 is 0 Å². The quantitative estimate of drug-likeness (QED) is 0.167. The van der Waals surface area contributed by atoms with E-state index < -0.39 is 0 Å². The third-order valence-corrected chi connectivity index (χ3v) is 6.11. The molecule has 0 fully saturated rings. The Hall–Kier alpha value is -0.730. The number of benzene rings is 1. The van der Waals surface area contributed by atoms with E-state index in [0.29, 0.717) is 16.5 Å². The van der Waals surface area contributed by atoms with Crippen LogP contribution in [0.4, 0.5) is 0 Å². The predicted octanol–water partition coefficient (Wildman–Crippen LogP) is 9.30. The number of unbranched alkanes of at least 4 members (excludes halogenated alkanes) is 14. The van der Waals surface area contributed by atoms with Crippen LogP contribution in [0.2, 0.25) is 10.0 Å². The monoisotopic (exact) mass is 442 g/mol. The summed E-state index contributed by atoms with van der Waals surface area (Å²) < 4.78 is 5.30. The Morgan fingerprint density at radius 1 is 0.724 bits per heavy atom. The van der Waals surface area contributed by atoms with Gasteiger partial charge >= 0.3 is 5.97 Å². The molecule has 0 N–H and O–H groups in total. The zero-order chi connectivity index (χ0) is 21.2. The van der Waals surface area contributed by atoms with Crippen molar-refractivity contribution < 1.29 is 9.53 Å². The maximum atomic E-state index is 11.8. The van der Waals surface area contributed by atoms with Crippen LogP contribution in [0.25, 0.3) is 0 Å². The molecular weight excluding hydrogens is 403 g/mol. The van der Waals surface area contributed by atoms with Crippen molar-refractivity contribution in [3.63, 3.8) is 0 Å². The molecule has 0 aliphatic heterocycles. The van der Waals surface area contributed by atoms with Crippen molar-refractivity contribution in [2.75, 3.05) is 0 Å². The number of rotatable bonds is 18. The first-order valence-corrected chi connectivity index (χ1v) is 12.5. The molecule has 0 unspecified atom stereocenters. The van der Waals surface area contributed by atoms with Crippen LogP contribution < -0.4 is 0 Å². The Kier molecular flexibility index (Phi) is 16.4. The maximum Gasteiger partial charge on any atom is 0.306 e. The minimum absolute atomic E-state index is 0.134. The highest BCUT2D eigenvalue weighted by atomic mass is 35.5. The molecular formula is C25H40Cl2O2. The van der Waals surface area contributed by atoms with Crippen LogP contribution in [0, 0.1) is 0 Å². The average Bonchev–Trinajstić information content (AvgIpc) is 2.71. The van der Waals surface area contributed by atoms with Gasteiger partial charge in [-0.05, 0) is 24.1 Å². The third-order valence-electron chi connectivity index (χ3n) is 5.37. The summed E-state index contributed by atoms with van der Waals surface area (Å²) in [5.41, 5.74) is 0.865. The molecule has 0 atom stereocenters. The molecule has 0 aliphatic rings. The van der Waals surface area contributed by atoms with Crippen molar-refractivity contribution in [3.05, 3.63) is 33.8 Å². The fourth-order valence-corrected chi connectivity index (χ4v) is 3.83. The second-order valence-electron chi connectivity index (χ2n) is 8.11. The first-order chi connectivity index (χ1) is 14.1. The van der Waals surface area contributed by atoms with Crippen molar-refractivity contribution >= 4 is 29.2 Å². The lowest BCUT2D eigenvalue weighted by molar-refractivity contribution is -0.145. The fourth-order valence-electron chi connectivity index (χ4n) is 3.51. The number of carbonyl (C=O) groups excluding carboxylic acids is 1. The molecule has 4 heteroatoms. The summed E-state index contributed by atoms with van der Waals surface area (Å²) in [6, 6.07) is 5.29. The molecule has 2 nitrogen and oxygen atoms in total. The second kappa shape index (κ2) is 18.1. The van der Waals surface area contributed by atoms with Gasteiger partial charge in [0.1, 0.15) is 6.61 Å². The van der Waals surface area contributed by atoms with E-state index in [1.165, 1.54) is 83.5 Å². The van der Waals surface area contributed by atoms with Gasteiger partial charge in [-0.25, -0.2) is 0 Å². The standard InChI is InChI=1S/C25H40Cl2O2/c1-2-3-4-5-6-7-8-9-10-11-12-13-14-15-16-17-25(28)29-21-22-18-19-23(26)24(27)20-22/h18-20H,2-17,21H2,1H3. The SMILES string of the molecule is CCCCCCCCCCCCCCCCCC(=O)OCc1ccc(Cl)c(Cl)c1. The van der Waals surface area contributed by atoms with Crippen LogP contribution >= 0.6 is 23.2 Å². The van der Waals surface area contributed by atoms with E-state index in [1.54, 1.807) is 12.1 Å². The van der Waals surface area contributed by atoms with Gasteiger partial charge < -0.3 is 4.74 Å². The van der Waals surface area contributed by atoms with Gasteiger partial charge in [0.05, 0.1) is 10.0 Å². The van der Waals surface area contributed by atoms with E-state index in [-0.39, 0.29) is 12.6 Å². The van der Waals surface area contributed by atoms with E-state index in [2.05, 4.69) is 6.92 Å². The van der Waals surface area contributed by atoms with Crippen molar-refractivity contribution in [1.29, 1.82) is 0 Å². The lowest BCUT2D eigenvalue weighted by Crippen LogP contribution is -2.04. The van der Waals surface area contributed by atoms with Crippen molar-refractivity contribution in [2.24, 2.45) is 0 Å². The van der Waals surface area contributed by atoms with Crippen molar-refractivity contribution in [1.82, 2.24) is 0 Å². The van der Waals surface area contributed by atoms with E-state index in [9.17, 15) is 4.79 Å². The molecule has 0 spiro atoms. The van der Waals surface area contributed by atoms with Crippen LogP contribution in [-0.4, -0.2) is 5.97 Å². The molecule has 0 amide bonds. The van der Waals surface area contributed by atoms with Crippen LogP contribution in [0.15, 0.2) is 18.2 Å². The van der Waals surface area contributed by atoms with E-state index in [4.69, 9.17) is 27.9 Å². The summed E-state index contributed by atoms with van der Waals surface area (Å²) in [4.78, 5) is 11.8. The Bertz CT molecular complexity index is 546. The highest BCUT2D eigenvalue weighted by Crippen LogP contribution is 2.23. The van der Waals surface area contributed by atoms with Gasteiger partial charge in [0.2, 0.25) is 0 Å². The highest BCUT2D eigenvalue weighted by molar-refractivity contribution is 6.42. The summed E-state index contributed by atoms with van der Waals surface area (Å²) in [5, 5.41) is 1.00. The Morgan fingerprint density at radius 2 is 1.21 bits per heavy atom. The van der Waals surface area contributed by atoms with Gasteiger partial charge in [0.15, 0.2) is 0 Å². The molecule has 0 heterocycles. The lowest BCUT2D eigenvalue weighted by Gasteiger charge is -2.06. The van der Waals surface area contributed by atoms with E-state index in [1.807, 2.05) is 6.07 Å². The molecule has 1 aromatic rings. The van der Waals surface area contributed by atoms with Gasteiger partial charge in [-0.15, -0.1) is 0 Å². The molecule has 0 aromatic heterocycles. The molecule has 0 saturated carbocycles. The molecule has 0 bridgehead atoms. The predicted molar refractivity (Wildman–Crippen MR) is 126 cm³/mol. The minimum Gasteiger partial charge on any atom is -0.461 e. The number of hydrogen-bond donors (Lipinski definition) is 0.